The second-order valence-corrected chi connectivity index (χ2v) is 11.9. The van der Waals surface area contributed by atoms with Crippen molar-refractivity contribution in [1.29, 1.82) is 0 Å². The van der Waals surface area contributed by atoms with E-state index in [0.29, 0.717) is 18.6 Å². The van der Waals surface area contributed by atoms with Crippen LogP contribution in [-0.4, -0.2) is 73.6 Å². The van der Waals surface area contributed by atoms with Gasteiger partial charge in [0, 0.05) is 45.2 Å². The van der Waals surface area contributed by atoms with Crippen LogP contribution in [-0.2, 0) is 20.8 Å². The van der Waals surface area contributed by atoms with Crippen molar-refractivity contribution in [2.24, 2.45) is 23.2 Å². The van der Waals surface area contributed by atoms with Gasteiger partial charge in [-0.1, -0.05) is 13.0 Å². The molecule has 4 heterocycles. The second-order valence-electron chi connectivity index (χ2n) is 11.9. The van der Waals surface area contributed by atoms with Crippen molar-refractivity contribution in [3.05, 3.63) is 23.8 Å². The smallest absolute Gasteiger partial charge is 0.310 e. The fourth-order valence-electron chi connectivity index (χ4n) is 7.87. The van der Waals surface area contributed by atoms with E-state index in [9.17, 15) is 4.79 Å². The van der Waals surface area contributed by atoms with E-state index < -0.39 is 0 Å². The van der Waals surface area contributed by atoms with E-state index in [1.165, 1.54) is 24.8 Å². The Morgan fingerprint density at radius 1 is 1.06 bits per heavy atom. The number of carbonyl (C=O) groups excluding carboxylic acids is 1. The van der Waals surface area contributed by atoms with Gasteiger partial charge in [-0.25, -0.2) is 0 Å². The maximum atomic E-state index is 13.0. The minimum Gasteiger partial charge on any atom is -0.462 e. The van der Waals surface area contributed by atoms with Crippen LogP contribution in [0.3, 0.4) is 0 Å². The first-order valence-corrected chi connectivity index (χ1v) is 13.2. The normalized spacial score (nSPS) is 41.3. The molecular weight excluding hydrogens is 432 g/mol. The molecule has 0 unspecified atom stereocenters. The predicted octanol–water partition coefficient (Wildman–Crippen LogP) is 3.06. The second kappa shape index (κ2) is 7.84. The summed E-state index contributed by atoms with van der Waals surface area (Å²) in [5.74, 6) is 2.71. The molecule has 2 saturated carbocycles. The van der Waals surface area contributed by atoms with Crippen molar-refractivity contribution in [3.63, 3.8) is 0 Å². The highest BCUT2D eigenvalue weighted by Gasteiger charge is 2.65. The first-order chi connectivity index (χ1) is 16.5. The number of nitrogens with zero attached hydrogens (tertiary/aromatic N) is 2. The zero-order valence-corrected chi connectivity index (χ0v) is 20.2. The summed E-state index contributed by atoms with van der Waals surface area (Å²) in [6.45, 7) is 9.46. The third-order valence-electron chi connectivity index (χ3n) is 9.84. The molecule has 3 saturated heterocycles. The number of hydrogen-bond donors (Lipinski definition) is 0. The molecule has 1 aromatic carbocycles. The van der Waals surface area contributed by atoms with Crippen molar-refractivity contribution < 1.29 is 23.7 Å². The van der Waals surface area contributed by atoms with E-state index in [1.807, 2.05) is 6.07 Å². The third kappa shape index (κ3) is 3.54. The minimum absolute atomic E-state index is 0.0210. The average Bonchev–Trinajstić information content (AvgIpc) is 3.31. The Kier molecular flexibility index (Phi) is 4.94. The van der Waals surface area contributed by atoms with Crippen LogP contribution < -0.4 is 9.47 Å². The van der Waals surface area contributed by atoms with Crippen LogP contribution in [0.5, 0.6) is 11.5 Å². The number of piperazine rings is 1. The largest absolute Gasteiger partial charge is 0.462 e. The molecule has 6 atom stereocenters. The molecule has 0 radical (unpaired) electrons. The predicted molar refractivity (Wildman–Crippen MR) is 125 cm³/mol. The molecule has 1 aromatic rings. The molecule has 7 nitrogen and oxygen atoms in total. The van der Waals surface area contributed by atoms with Gasteiger partial charge in [0.15, 0.2) is 11.5 Å². The third-order valence-corrected chi connectivity index (χ3v) is 9.84. The van der Waals surface area contributed by atoms with E-state index >= 15 is 0 Å². The Hall–Kier alpha value is -1.83. The van der Waals surface area contributed by atoms with Crippen LogP contribution >= 0.6 is 0 Å². The summed E-state index contributed by atoms with van der Waals surface area (Å²) in [7, 11) is 0. The van der Waals surface area contributed by atoms with Crippen molar-refractivity contribution in [3.8, 4) is 11.5 Å². The highest BCUT2D eigenvalue weighted by Crippen LogP contribution is 2.62. The standard InChI is InChI=1S/C27H36N2O5/c1-26-5-2-6-27(16-33-27)24(26)12-19-20(25(30)34-23(19)13-26)15-29-9-7-28(8-10-29)14-18-3-4-21-22(11-18)32-17-31-21/h3-4,11,19-20,23-24H,2,5-10,12-17H2,1H3/t19-,20+,23-,24-,26-,27+/m1/s1. The number of ether oxygens (including phenoxy) is 4. The highest BCUT2D eigenvalue weighted by molar-refractivity contribution is 5.75. The molecule has 7 heteroatoms. The molecule has 0 aromatic heterocycles. The summed E-state index contributed by atoms with van der Waals surface area (Å²) in [5, 5.41) is 0. The number of hydrogen-bond acceptors (Lipinski definition) is 7. The van der Waals surface area contributed by atoms with Crippen molar-refractivity contribution in [1.82, 2.24) is 9.80 Å². The molecule has 34 heavy (non-hydrogen) atoms. The van der Waals surface area contributed by atoms with Crippen LogP contribution in [0.25, 0.3) is 0 Å². The summed E-state index contributed by atoms with van der Waals surface area (Å²) in [5.41, 5.74) is 1.65. The topological polar surface area (TPSA) is 63.8 Å². The summed E-state index contributed by atoms with van der Waals surface area (Å²) < 4.78 is 23.0. The van der Waals surface area contributed by atoms with Gasteiger partial charge < -0.3 is 18.9 Å². The molecule has 2 aliphatic carbocycles. The summed E-state index contributed by atoms with van der Waals surface area (Å²) in [6.07, 6.45) is 5.94. The van der Waals surface area contributed by atoms with Crippen molar-refractivity contribution in [2.45, 2.75) is 57.3 Å². The van der Waals surface area contributed by atoms with E-state index in [0.717, 1.165) is 70.2 Å². The van der Waals surface area contributed by atoms with Crippen LogP contribution in [0.4, 0.5) is 0 Å². The van der Waals surface area contributed by atoms with Gasteiger partial charge in [-0.2, -0.15) is 0 Å². The average molecular weight is 469 g/mol. The molecule has 7 rings (SSSR count). The quantitative estimate of drug-likeness (QED) is 0.497. The number of esters is 1. The Morgan fingerprint density at radius 2 is 1.85 bits per heavy atom. The Bertz CT molecular complexity index is 972. The number of fused-ring (bicyclic) bond motifs is 4. The van der Waals surface area contributed by atoms with Gasteiger partial charge >= 0.3 is 5.97 Å². The number of epoxide rings is 1. The summed E-state index contributed by atoms with van der Waals surface area (Å²) in [4.78, 5) is 18.0. The fraction of sp³-hybridized carbons (Fsp3) is 0.741. The zero-order chi connectivity index (χ0) is 22.9. The van der Waals surface area contributed by atoms with Gasteiger partial charge in [-0.05, 0) is 61.1 Å². The molecule has 0 N–H and O–H groups in total. The van der Waals surface area contributed by atoms with Crippen LogP contribution in [0.15, 0.2) is 18.2 Å². The van der Waals surface area contributed by atoms with Gasteiger partial charge in [0.25, 0.3) is 0 Å². The summed E-state index contributed by atoms with van der Waals surface area (Å²) in [6, 6.07) is 6.24. The number of benzene rings is 1. The fourth-order valence-corrected chi connectivity index (χ4v) is 7.87. The maximum Gasteiger partial charge on any atom is 0.310 e. The number of carbonyl (C=O) groups is 1. The van der Waals surface area contributed by atoms with Crippen molar-refractivity contribution >= 4 is 5.97 Å². The maximum absolute atomic E-state index is 13.0. The zero-order valence-electron chi connectivity index (χ0n) is 20.2. The Morgan fingerprint density at radius 3 is 2.68 bits per heavy atom. The molecular formula is C27H36N2O5. The van der Waals surface area contributed by atoms with Crippen LogP contribution in [0.1, 0.15) is 44.6 Å². The first kappa shape index (κ1) is 21.5. The molecule has 184 valence electrons. The molecule has 1 spiro atoms. The van der Waals surface area contributed by atoms with Crippen LogP contribution in [0.2, 0.25) is 0 Å². The highest BCUT2D eigenvalue weighted by atomic mass is 16.7. The van der Waals surface area contributed by atoms with Gasteiger partial charge in [0.1, 0.15) is 6.10 Å². The molecule has 0 amide bonds. The summed E-state index contributed by atoms with van der Waals surface area (Å²) >= 11 is 0. The van der Waals surface area contributed by atoms with E-state index in [4.69, 9.17) is 18.9 Å². The molecule has 6 aliphatic rings. The lowest BCUT2D eigenvalue weighted by molar-refractivity contribution is -0.147. The van der Waals surface area contributed by atoms with Gasteiger partial charge in [0.05, 0.1) is 18.1 Å². The Balaban J connectivity index is 0.971. The lowest BCUT2D eigenvalue weighted by Crippen LogP contribution is -2.52. The number of rotatable bonds is 4. The van der Waals surface area contributed by atoms with Crippen molar-refractivity contribution in [2.75, 3.05) is 46.1 Å². The van der Waals surface area contributed by atoms with Gasteiger partial charge in [-0.3, -0.25) is 14.6 Å². The first-order valence-electron chi connectivity index (χ1n) is 13.2. The van der Waals surface area contributed by atoms with Crippen LogP contribution in [0, 0.1) is 23.2 Å². The minimum atomic E-state index is 0.0210. The molecule has 5 fully saturated rings. The monoisotopic (exact) mass is 468 g/mol. The molecule has 0 bridgehead atoms. The SMILES string of the molecule is C[C@]12CCC[C@]3(CO3)[C@@H]1C[C@@H]1[C@H](CN3CCN(Cc4ccc5c(c4)OCO5)CC3)C(=O)O[C@@H]1C2. The lowest BCUT2D eigenvalue weighted by Gasteiger charge is -2.51. The Labute approximate surface area is 201 Å². The molecule has 4 aliphatic heterocycles. The lowest BCUT2D eigenvalue weighted by atomic mass is 9.53. The van der Waals surface area contributed by atoms with E-state index in [1.54, 1.807) is 0 Å². The van der Waals surface area contributed by atoms with E-state index in [2.05, 4.69) is 28.9 Å². The van der Waals surface area contributed by atoms with Gasteiger partial charge in [0.2, 0.25) is 6.79 Å². The van der Waals surface area contributed by atoms with Gasteiger partial charge in [-0.15, -0.1) is 0 Å². The van der Waals surface area contributed by atoms with E-state index in [-0.39, 0.29) is 29.0 Å².